The van der Waals surface area contributed by atoms with Crippen molar-refractivity contribution in [3.8, 4) is 5.75 Å². The first-order chi connectivity index (χ1) is 7.49. The molecule has 0 radical (unpaired) electrons. The average molecular weight is 223 g/mol. The van der Waals surface area contributed by atoms with Crippen LogP contribution in [-0.2, 0) is 11.2 Å². The summed E-state index contributed by atoms with van der Waals surface area (Å²) in [4.78, 5) is 10.8. The molecule has 0 aromatic heterocycles. The van der Waals surface area contributed by atoms with E-state index < -0.39 is 12.0 Å². The number of rotatable bonds is 5. The Morgan fingerprint density at radius 1 is 1.38 bits per heavy atom. The summed E-state index contributed by atoms with van der Waals surface area (Å²) in [7, 11) is 0. The number of carbonyl (C=O) groups is 1. The lowest BCUT2D eigenvalue weighted by Crippen LogP contribution is -2.30. The topological polar surface area (TPSA) is 72.6 Å². The van der Waals surface area contributed by atoms with Crippen LogP contribution in [0.3, 0.4) is 0 Å². The van der Waals surface area contributed by atoms with Crippen LogP contribution >= 0.6 is 0 Å². The van der Waals surface area contributed by atoms with Gasteiger partial charge in [0.15, 0.2) is 6.10 Å². The standard InChI is InChI=1S/C12H17NO3/c1-8(14)7-10-3-5-11(6-4-10)16-9(2)12(13)15/h3-6,8-9,14H,7H2,1-2H3,(H2,13,15). The molecule has 2 unspecified atom stereocenters. The Morgan fingerprint density at radius 3 is 2.38 bits per heavy atom. The summed E-state index contributed by atoms with van der Waals surface area (Å²) in [5.41, 5.74) is 6.10. The van der Waals surface area contributed by atoms with E-state index in [1.165, 1.54) is 0 Å². The van der Waals surface area contributed by atoms with Crippen LogP contribution in [0.2, 0.25) is 0 Å². The number of amides is 1. The number of aliphatic hydroxyl groups excluding tert-OH is 1. The predicted octanol–water partition coefficient (Wildman–Crippen LogP) is 0.862. The molecule has 0 spiro atoms. The van der Waals surface area contributed by atoms with Crippen molar-refractivity contribution in [2.45, 2.75) is 32.5 Å². The number of aliphatic hydroxyl groups is 1. The zero-order valence-electron chi connectivity index (χ0n) is 9.51. The third-order valence-electron chi connectivity index (χ3n) is 2.17. The maximum atomic E-state index is 10.8. The lowest BCUT2D eigenvalue weighted by atomic mass is 10.1. The second-order valence-corrected chi connectivity index (χ2v) is 3.86. The van der Waals surface area contributed by atoms with Gasteiger partial charge in [0.1, 0.15) is 5.75 Å². The van der Waals surface area contributed by atoms with Crippen LogP contribution in [0.25, 0.3) is 0 Å². The fourth-order valence-corrected chi connectivity index (χ4v) is 1.31. The first-order valence-electron chi connectivity index (χ1n) is 5.22. The molecule has 0 aliphatic heterocycles. The van der Waals surface area contributed by atoms with Gasteiger partial charge < -0.3 is 15.6 Å². The molecule has 0 heterocycles. The monoisotopic (exact) mass is 223 g/mol. The largest absolute Gasteiger partial charge is 0.481 e. The summed E-state index contributed by atoms with van der Waals surface area (Å²) in [6.07, 6.45) is -0.398. The number of carbonyl (C=O) groups excluding carboxylic acids is 1. The van der Waals surface area contributed by atoms with Gasteiger partial charge in [0.2, 0.25) is 0 Å². The lowest BCUT2D eigenvalue weighted by Gasteiger charge is -2.11. The van der Waals surface area contributed by atoms with E-state index in [4.69, 9.17) is 10.5 Å². The van der Waals surface area contributed by atoms with Gasteiger partial charge in [0.25, 0.3) is 5.91 Å². The molecule has 2 atom stereocenters. The molecule has 0 fully saturated rings. The minimum Gasteiger partial charge on any atom is -0.481 e. The normalized spacial score (nSPS) is 14.2. The Morgan fingerprint density at radius 2 is 1.94 bits per heavy atom. The number of ether oxygens (including phenoxy) is 1. The highest BCUT2D eigenvalue weighted by Gasteiger charge is 2.09. The highest BCUT2D eigenvalue weighted by atomic mass is 16.5. The van der Waals surface area contributed by atoms with Gasteiger partial charge in [-0.3, -0.25) is 4.79 Å². The molecule has 0 saturated carbocycles. The van der Waals surface area contributed by atoms with Crippen LogP contribution in [0.5, 0.6) is 5.75 Å². The van der Waals surface area contributed by atoms with Crippen molar-refractivity contribution in [3.63, 3.8) is 0 Å². The Bertz CT molecular complexity index is 346. The van der Waals surface area contributed by atoms with Gasteiger partial charge in [-0.25, -0.2) is 0 Å². The molecular formula is C12H17NO3. The number of hydrogen-bond acceptors (Lipinski definition) is 3. The molecule has 3 N–H and O–H groups in total. The molecule has 1 aromatic carbocycles. The third kappa shape index (κ3) is 3.90. The van der Waals surface area contributed by atoms with E-state index in [1.54, 1.807) is 26.0 Å². The van der Waals surface area contributed by atoms with Gasteiger partial charge in [-0.05, 0) is 38.0 Å². The molecule has 1 aromatic rings. The predicted molar refractivity (Wildman–Crippen MR) is 61.1 cm³/mol. The second kappa shape index (κ2) is 5.51. The van der Waals surface area contributed by atoms with Crippen LogP contribution in [0.4, 0.5) is 0 Å². The maximum absolute atomic E-state index is 10.8. The molecule has 4 nitrogen and oxygen atoms in total. The molecule has 0 aliphatic carbocycles. The zero-order chi connectivity index (χ0) is 12.1. The van der Waals surface area contributed by atoms with Crippen molar-refractivity contribution >= 4 is 5.91 Å². The first kappa shape index (κ1) is 12.5. The van der Waals surface area contributed by atoms with Crippen LogP contribution in [-0.4, -0.2) is 23.2 Å². The molecular weight excluding hydrogens is 206 g/mol. The summed E-state index contributed by atoms with van der Waals surface area (Å²) in [6, 6.07) is 7.24. The molecule has 0 aliphatic rings. The number of benzene rings is 1. The summed E-state index contributed by atoms with van der Waals surface area (Å²) in [6.45, 7) is 3.34. The van der Waals surface area contributed by atoms with Crippen molar-refractivity contribution in [2.75, 3.05) is 0 Å². The van der Waals surface area contributed by atoms with Gasteiger partial charge >= 0.3 is 0 Å². The number of nitrogens with two attached hydrogens (primary N) is 1. The molecule has 1 rings (SSSR count). The second-order valence-electron chi connectivity index (χ2n) is 3.86. The van der Waals surface area contributed by atoms with Gasteiger partial charge in [-0.1, -0.05) is 12.1 Å². The fraction of sp³-hybridized carbons (Fsp3) is 0.417. The smallest absolute Gasteiger partial charge is 0.258 e. The van der Waals surface area contributed by atoms with E-state index in [9.17, 15) is 9.90 Å². The van der Waals surface area contributed by atoms with E-state index in [0.717, 1.165) is 5.56 Å². The summed E-state index contributed by atoms with van der Waals surface area (Å²) < 4.78 is 5.30. The zero-order valence-corrected chi connectivity index (χ0v) is 9.51. The first-order valence-corrected chi connectivity index (χ1v) is 5.22. The Labute approximate surface area is 95.0 Å². The van der Waals surface area contributed by atoms with Gasteiger partial charge in [-0.15, -0.1) is 0 Å². The van der Waals surface area contributed by atoms with Crippen LogP contribution in [0.1, 0.15) is 19.4 Å². The molecule has 0 bridgehead atoms. The van der Waals surface area contributed by atoms with Crippen molar-refractivity contribution in [3.05, 3.63) is 29.8 Å². The minimum absolute atomic E-state index is 0.365. The lowest BCUT2D eigenvalue weighted by molar-refractivity contribution is -0.123. The van der Waals surface area contributed by atoms with Crippen LogP contribution in [0.15, 0.2) is 24.3 Å². The summed E-state index contributed by atoms with van der Waals surface area (Å²) in [5.74, 6) is 0.105. The summed E-state index contributed by atoms with van der Waals surface area (Å²) >= 11 is 0. The molecule has 88 valence electrons. The van der Waals surface area contributed by atoms with Gasteiger partial charge in [0, 0.05) is 0 Å². The molecule has 1 amide bonds. The number of primary amides is 1. The van der Waals surface area contributed by atoms with E-state index >= 15 is 0 Å². The molecule has 4 heteroatoms. The molecule has 0 saturated heterocycles. The fourth-order valence-electron chi connectivity index (χ4n) is 1.31. The Balaban J connectivity index is 2.61. The number of hydrogen-bond donors (Lipinski definition) is 2. The van der Waals surface area contributed by atoms with Gasteiger partial charge in [-0.2, -0.15) is 0 Å². The third-order valence-corrected chi connectivity index (χ3v) is 2.17. The SMILES string of the molecule is CC(O)Cc1ccc(OC(C)C(N)=O)cc1. The highest BCUT2D eigenvalue weighted by Crippen LogP contribution is 2.14. The van der Waals surface area contributed by atoms with Crippen LogP contribution < -0.4 is 10.5 Å². The van der Waals surface area contributed by atoms with Crippen molar-refractivity contribution in [1.29, 1.82) is 0 Å². The molecule has 16 heavy (non-hydrogen) atoms. The summed E-state index contributed by atoms with van der Waals surface area (Å²) in [5, 5.41) is 9.20. The van der Waals surface area contributed by atoms with E-state index in [1.807, 2.05) is 12.1 Å². The quantitative estimate of drug-likeness (QED) is 0.777. The van der Waals surface area contributed by atoms with E-state index in [2.05, 4.69) is 0 Å². The van der Waals surface area contributed by atoms with Crippen molar-refractivity contribution in [1.82, 2.24) is 0 Å². The van der Waals surface area contributed by atoms with Gasteiger partial charge in [0.05, 0.1) is 6.10 Å². The maximum Gasteiger partial charge on any atom is 0.258 e. The Hall–Kier alpha value is -1.55. The van der Waals surface area contributed by atoms with Crippen molar-refractivity contribution < 1.29 is 14.6 Å². The average Bonchev–Trinajstić information content (AvgIpc) is 2.20. The van der Waals surface area contributed by atoms with Crippen molar-refractivity contribution in [2.24, 2.45) is 5.73 Å². The highest BCUT2D eigenvalue weighted by molar-refractivity contribution is 5.78. The minimum atomic E-state index is -0.636. The van der Waals surface area contributed by atoms with E-state index in [0.29, 0.717) is 12.2 Å². The van der Waals surface area contributed by atoms with E-state index in [-0.39, 0.29) is 6.10 Å². The van der Waals surface area contributed by atoms with Crippen LogP contribution in [0, 0.1) is 0 Å². The Kier molecular flexibility index (Phi) is 4.31.